The van der Waals surface area contributed by atoms with Crippen molar-refractivity contribution >= 4 is 17.8 Å². The van der Waals surface area contributed by atoms with Gasteiger partial charge in [-0.25, -0.2) is 4.79 Å². The highest BCUT2D eigenvalue weighted by Gasteiger charge is 2.30. The summed E-state index contributed by atoms with van der Waals surface area (Å²) in [7, 11) is 0. The number of carbonyl (C=O) groups is 3. The van der Waals surface area contributed by atoms with E-state index in [-0.39, 0.29) is 12.0 Å². The van der Waals surface area contributed by atoms with Crippen LogP contribution >= 0.6 is 0 Å². The summed E-state index contributed by atoms with van der Waals surface area (Å²) in [6.07, 6.45) is 0. The minimum absolute atomic E-state index is 0.0179. The number of rotatable bonds is 6. The van der Waals surface area contributed by atoms with Gasteiger partial charge in [-0.05, 0) is 30.0 Å². The lowest BCUT2D eigenvalue weighted by molar-refractivity contribution is -0.156. The van der Waals surface area contributed by atoms with Crippen LogP contribution in [0.3, 0.4) is 0 Å². The smallest absolute Gasteiger partial charge is 0.337 e. The number of hydrogen-bond donors (Lipinski definition) is 4. The van der Waals surface area contributed by atoms with Gasteiger partial charge in [0.2, 0.25) is 5.91 Å². The minimum atomic E-state index is -2.05. The second-order valence-electron chi connectivity index (χ2n) is 6.87. The third-order valence-corrected chi connectivity index (χ3v) is 3.51. The molecule has 4 N–H and O–H groups in total. The summed E-state index contributed by atoms with van der Waals surface area (Å²) >= 11 is 0. The predicted molar refractivity (Wildman–Crippen MR) is 88.7 cm³/mol. The van der Waals surface area contributed by atoms with Gasteiger partial charge in [-0.1, -0.05) is 32.9 Å². The van der Waals surface area contributed by atoms with Crippen LogP contribution in [-0.2, 0) is 15.0 Å². The fraction of sp³-hybridized carbons (Fsp3) is 0.471. The Morgan fingerprint density at radius 2 is 1.54 bits per heavy atom. The van der Waals surface area contributed by atoms with Gasteiger partial charge in [-0.2, -0.15) is 0 Å². The summed E-state index contributed by atoms with van der Waals surface area (Å²) in [5.41, 5.74) is -0.556. The number of benzene rings is 1. The lowest BCUT2D eigenvalue weighted by Crippen LogP contribution is -2.48. The highest BCUT2D eigenvalue weighted by molar-refractivity contribution is 5.96. The second-order valence-corrected chi connectivity index (χ2v) is 6.87. The number of aliphatic carboxylic acids is 1. The summed E-state index contributed by atoms with van der Waals surface area (Å²) in [6, 6.07) is 7.09. The van der Waals surface area contributed by atoms with Crippen molar-refractivity contribution in [3.63, 3.8) is 0 Å². The fourth-order valence-corrected chi connectivity index (χ4v) is 1.79. The van der Waals surface area contributed by atoms with E-state index in [2.05, 4.69) is 31.4 Å². The van der Waals surface area contributed by atoms with Crippen LogP contribution in [-0.4, -0.2) is 46.7 Å². The molecule has 0 bridgehead atoms. The van der Waals surface area contributed by atoms with E-state index in [1.807, 2.05) is 12.1 Å². The van der Waals surface area contributed by atoms with E-state index in [1.54, 1.807) is 12.1 Å². The Morgan fingerprint density at radius 3 is 2.00 bits per heavy atom. The number of carbonyl (C=O) groups excluding carboxylic acids is 2. The normalized spacial score (nSPS) is 13.7. The number of hydrogen-bond acceptors (Lipinski definition) is 4. The number of carboxylic acids is 1. The molecule has 0 heterocycles. The summed E-state index contributed by atoms with van der Waals surface area (Å²) in [4.78, 5) is 34.3. The van der Waals surface area contributed by atoms with Gasteiger partial charge in [0, 0.05) is 5.56 Å². The molecule has 0 aliphatic heterocycles. The van der Waals surface area contributed by atoms with Crippen molar-refractivity contribution < 1.29 is 24.6 Å². The van der Waals surface area contributed by atoms with Crippen LogP contribution in [0.5, 0.6) is 0 Å². The number of amides is 2. The lowest BCUT2D eigenvalue weighted by atomic mass is 9.87. The molecule has 0 aromatic heterocycles. The maximum Gasteiger partial charge on any atom is 0.337 e. The van der Waals surface area contributed by atoms with E-state index < -0.39 is 29.9 Å². The van der Waals surface area contributed by atoms with E-state index in [9.17, 15) is 19.5 Å². The Labute approximate surface area is 141 Å². The zero-order valence-electron chi connectivity index (χ0n) is 14.3. The minimum Gasteiger partial charge on any atom is -0.479 e. The van der Waals surface area contributed by atoms with Crippen LogP contribution in [0.15, 0.2) is 24.3 Å². The topological polar surface area (TPSA) is 116 Å². The first-order valence-corrected chi connectivity index (χ1v) is 7.55. The maximum absolute atomic E-state index is 12.0. The molecule has 7 nitrogen and oxygen atoms in total. The molecule has 0 saturated carbocycles. The SMILES string of the molecule is CC(O)(CNC(=O)CNC(=O)c1ccc(C(C)(C)C)cc1)C(=O)O. The molecule has 0 aliphatic carbocycles. The van der Waals surface area contributed by atoms with Crippen LogP contribution in [0.4, 0.5) is 0 Å². The van der Waals surface area contributed by atoms with Crippen molar-refractivity contribution in [2.45, 2.75) is 38.7 Å². The van der Waals surface area contributed by atoms with Crippen molar-refractivity contribution in [1.29, 1.82) is 0 Å². The number of aliphatic hydroxyl groups is 1. The molecule has 1 unspecified atom stereocenters. The first-order valence-electron chi connectivity index (χ1n) is 7.55. The standard InChI is InChI=1S/C17H24N2O5/c1-16(2,3)12-7-5-11(6-8-12)14(21)18-9-13(20)19-10-17(4,24)15(22)23/h5-8,24H,9-10H2,1-4H3,(H,18,21)(H,19,20)(H,22,23). The Hall–Kier alpha value is -2.41. The molecule has 1 aromatic rings. The van der Waals surface area contributed by atoms with Crippen LogP contribution in [0.2, 0.25) is 0 Å². The van der Waals surface area contributed by atoms with E-state index in [0.29, 0.717) is 5.56 Å². The summed E-state index contributed by atoms with van der Waals surface area (Å²) in [6.45, 7) is 6.52. The molecule has 0 saturated heterocycles. The fourth-order valence-electron chi connectivity index (χ4n) is 1.79. The molecule has 24 heavy (non-hydrogen) atoms. The largest absolute Gasteiger partial charge is 0.479 e. The second kappa shape index (κ2) is 7.44. The first-order chi connectivity index (χ1) is 10.9. The summed E-state index contributed by atoms with van der Waals surface area (Å²) in [5.74, 6) is -2.43. The third kappa shape index (κ3) is 5.66. The van der Waals surface area contributed by atoms with Gasteiger partial charge in [0.1, 0.15) is 0 Å². The highest BCUT2D eigenvalue weighted by atomic mass is 16.4. The van der Waals surface area contributed by atoms with Crippen molar-refractivity contribution in [1.82, 2.24) is 10.6 Å². The van der Waals surface area contributed by atoms with Crippen molar-refractivity contribution in [3.8, 4) is 0 Å². The van der Waals surface area contributed by atoms with E-state index >= 15 is 0 Å². The molecule has 0 aliphatic rings. The number of carboxylic acid groups (broad SMARTS) is 1. The summed E-state index contributed by atoms with van der Waals surface area (Å²) < 4.78 is 0. The van der Waals surface area contributed by atoms with Gasteiger partial charge in [0.05, 0.1) is 13.1 Å². The zero-order valence-corrected chi connectivity index (χ0v) is 14.3. The van der Waals surface area contributed by atoms with Gasteiger partial charge in [0.25, 0.3) is 5.91 Å². The van der Waals surface area contributed by atoms with Gasteiger partial charge in [0.15, 0.2) is 5.60 Å². The van der Waals surface area contributed by atoms with Crippen molar-refractivity contribution in [2.24, 2.45) is 0 Å². The molecule has 0 spiro atoms. The van der Waals surface area contributed by atoms with E-state index in [4.69, 9.17) is 5.11 Å². The molecule has 7 heteroatoms. The van der Waals surface area contributed by atoms with E-state index in [1.165, 1.54) is 0 Å². The van der Waals surface area contributed by atoms with Crippen molar-refractivity contribution in [3.05, 3.63) is 35.4 Å². The Balaban J connectivity index is 2.51. The van der Waals surface area contributed by atoms with E-state index in [0.717, 1.165) is 12.5 Å². The Kier molecular flexibility index (Phi) is 6.09. The molecule has 0 fully saturated rings. The van der Waals surface area contributed by atoms with Gasteiger partial charge in [-0.3, -0.25) is 9.59 Å². The van der Waals surface area contributed by atoms with Crippen LogP contribution in [0.25, 0.3) is 0 Å². The van der Waals surface area contributed by atoms with Crippen LogP contribution in [0.1, 0.15) is 43.6 Å². The lowest BCUT2D eigenvalue weighted by Gasteiger charge is -2.19. The molecule has 0 radical (unpaired) electrons. The molecule has 1 atom stereocenters. The van der Waals surface area contributed by atoms with Crippen LogP contribution in [0, 0.1) is 0 Å². The third-order valence-electron chi connectivity index (χ3n) is 3.51. The van der Waals surface area contributed by atoms with Crippen LogP contribution < -0.4 is 10.6 Å². The van der Waals surface area contributed by atoms with Gasteiger partial charge in [-0.15, -0.1) is 0 Å². The summed E-state index contributed by atoms with van der Waals surface area (Å²) in [5, 5.41) is 22.9. The predicted octanol–water partition coefficient (Wildman–Crippen LogP) is 0.666. The zero-order chi connectivity index (χ0) is 18.5. The average molecular weight is 336 g/mol. The molecule has 2 amide bonds. The molecule has 132 valence electrons. The quantitative estimate of drug-likeness (QED) is 0.609. The molecule has 1 aromatic carbocycles. The molecular formula is C17H24N2O5. The Bertz CT molecular complexity index is 615. The average Bonchev–Trinajstić information content (AvgIpc) is 2.49. The Morgan fingerprint density at radius 1 is 1.00 bits per heavy atom. The first kappa shape index (κ1) is 19.6. The van der Waals surface area contributed by atoms with Gasteiger partial charge < -0.3 is 20.8 Å². The number of nitrogens with one attached hydrogen (secondary N) is 2. The highest BCUT2D eigenvalue weighted by Crippen LogP contribution is 2.22. The molecule has 1 rings (SSSR count). The molecular weight excluding hydrogens is 312 g/mol. The van der Waals surface area contributed by atoms with Gasteiger partial charge >= 0.3 is 5.97 Å². The maximum atomic E-state index is 12.0. The van der Waals surface area contributed by atoms with Crippen molar-refractivity contribution in [2.75, 3.05) is 13.1 Å². The monoisotopic (exact) mass is 336 g/mol.